The van der Waals surface area contributed by atoms with E-state index in [1.54, 1.807) is 42.5 Å². The minimum atomic E-state index is -0.872. The van der Waals surface area contributed by atoms with E-state index in [9.17, 15) is 9.59 Å². The molecule has 0 fully saturated rings. The fourth-order valence-electron chi connectivity index (χ4n) is 2.08. The molecule has 0 saturated carbocycles. The number of amides is 1. The molecule has 6 nitrogen and oxygen atoms in total. The topological polar surface area (TPSA) is 88.5 Å². The van der Waals surface area contributed by atoms with Gasteiger partial charge in [-0.05, 0) is 38.5 Å². The van der Waals surface area contributed by atoms with E-state index < -0.39 is 5.97 Å². The van der Waals surface area contributed by atoms with Crippen LogP contribution in [0, 0.1) is 6.92 Å². The molecule has 24 heavy (non-hydrogen) atoms. The number of carbonyl (C=O) groups excluding carboxylic acids is 1. The standard InChI is InChI=1S/C17H20N2O4S/c1-11(6-7-16(20)21)18-17(22)13-4-3-5-15(8-13)23-9-14-10-24-12(2)19-14/h3-5,8,10-11H,6-7,9H2,1-2H3,(H,18,22)(H,20,21). The van der Waals surface area contributed by atoms with Gasteiger partial charge in [0.05, 0.1) is 10.7 Å². The Morgan fingerprint density at radius 2 is 2.21 bits per heavy atom. The van der Waals surface area contributed by atoms with Gasteiger partial charge in [-0.3, -0.25) is 9.59 Å². The highest BCUT2D eigenvalue weighted by molar-refractivity contribution is 7.09. The molecule has 128 valence electrons. The zero-order valence-electron chi connectivity index (χ0n) is 13.6. The third-order valence-corrected chi connectivity index (χ3v) is 4.14. The number of aliphatic carboxylic acids is 1. The number of carbonyl (C=O) groups is 2. The summed E-state index contributed by atoms with van der Waals surface area (Å²) in [6.07, 6.45) is 0.415. The molecule has 2 aromatic rings. The summed E-state index contributed by atoms with van der Waals surface area (Å²) in [6.45, 7) is 4.07. The number of carboxylic acid groups (broad SMARTS) is 1. The highest BCUT2D eigenvalue weighted by atomic mass is 32.1. The van der Waals surface area contributed by atoms with E-state index in [-0.39, 0.29) is 18.4 Å². The third-order valence-electron chi connectivity index (χ3n) is 3.32. The van der Waals surface area contributed by atoms with Crippen molar-refractivity contribution >= 4 is 23.2 Å². The maximum Gasteiger partial charge on any atom is 0.303 e. The van der Waals surface area contributed by atoms with Gasteiger partial charge in [0.2, 0.25) is 0 Å². The Kier molecular flexibility index (Phi) is 6.31. The minimum absolute atomic E-state index is 0.0255. The number of thiazole rings is 1. The fraction of sp³-hybridized carbons (Fsp3) is 0.353. The van der Waals surface area contributed by atoms with Gasteiger partial charge < -0.3 is 15.2 Å². The number of aryl methyl sites for hydroxylation is 1. The summed E-state index contributed by atoms with van der Waals surface area (Å²) in [5, 5.41) is 14.4. The molecule has 0 aliphatic rings. The van der Waals surface area contributed by atoms with Gasteiger partial charge in [-0.15, -0.1) is 11.3 Å². The molecule has 1 heterocycles. The third kappa shape index (κ3) is 5.66. The van der Waals surface area contributed by atoms with Crippen molar-refractivity contribution in [2.75, 3.05) is 0 Å². The summed E-state index contributed by atoms with van der Waals surface area (Å²) in [4.78, 5) is 27.1. The van der Waals surface area contributed by atoms with E-state index in [0.29, 0.717) is 24.3 Å². The number of nitrogens with one attached hydrogen (secondary N) is 1. The lowest BCUT2D eigenvalue weighted by atomic mass is 10.1. The van der Waals surface area contributed by atoms with Crippen LogP contribution in [0.3, 0.4) is 0 Å². The average molecular weight is 348 g/mol. The highest BCUT2D eigenvalue weighted by Crippen LogP contribution is 2.16. The molecule has 0 radical (unpaired) electrons. The molecule has 1 aromatic heterocycles. The summed E-state index contributed by atoms with van der Waals surface area (Å²) in [7, 11) is 0. The van der Waals surface area contributed by atoms with Gasteiger partial charge in [0, 0.05) is 23.4 Å². The Morgan fingerprint density at radius 1 is 1.42 bits per heavy atom. The quantitative estimate of drug-likeness (QED) is 0.765. The maximum absolute atomic E-state index is 12.2. The molecule has 1 aromatic carbocycles. The number of aromatic nitrogens is 1. The largest absolute Gasteiger partial charge is 0.487 e. The van der Waals surface area contributed by atoms with Gasteiger partial charge in [0.1, 0.15) is 12.4 Å². The summed E-state index contributed by atoms with van der Waals surface area (Å²) >= 11 is 1.56. The van der Waals surface area contributed by atoms with Gasteiger partial charge in [0.25, 0.3) is 5.91 Å². The van der Waals surface area contributed by atoms with Crippen LogP contribution in [0.15, 0.2) is 29.6 Å². The van der Waals surface area contributed by atoms with E-state index in [0.717, 1.165) is 10.7 Å². The summed E-state index contributed by atoms with van der Waals surface area (Å²) in [5.74, 6) is -0.530. The van der Waals surface area contributed by atoms with Crippen molar-refractivity contribution in [3.8, 4) is 5.75 Å². The molecule has 2 N–H and O–H groups in total. The van der Waals surface area contributed by atoms with Crippen LogP contribution in [0.1, 0.15) is 40.8 Å². The molecular weight excluding hydrogens is 328 g/mol. The predicted molar refractivity (Wildman–Crippen MR) is 91.4 cm³/mol. The van der Waals surface area contributed by atoms with Crippen molar-refractivity contribution < 1.29 is 19.4 Å². The number of benzene rings is 1. The van der Waals surface area contributed by atoms with Crippen LogP contribution >= 0.6 is 11.3 Å². The Morgan fingerprint density at radius 3 is 2.88 bits per heavy atom. The Hall–Kier alpha value is -2.41. The van der Waals surface area contributed by atoms with E-state index >= 15 is 0 Å². The van der Waals surface area contributed by atoms with E-state index in [4.69, 9.17) is 9.84 Å². The molecule has 2 rings (SSSR count). The molecule has 1 amide bonds. The maximum atomic E-state index is 12.2. The van der Waals surface area contributed by atoms with Crippen LogP contribution in [-0.4, -0.2) is 28.0 Å². The number of nitrogens with zero attached hydrogens (tertiary/aromatic N) is 1. The smallest absolute Gasteiger partial charge is 0.303 e. The van der Waals surface area contributed by atoms with Crippen molar-refractivity contribution in [3.05, 3.63) is 45.9 Å². The first-order valence-electron chi connectivity index (χ1n) is 7.60. The monoisotopic (exact) mass is 348 g/mol. The molecule has 0 bridgehead atoms. The van der Waals surface area contributed by atoms with Crippen LogP contribution in [-0.2, 0) is 11.4 Å². The summed E-state index contributed by atoms with van der Waals surface area (Å²) in [5.41, 5.74) is 1.33. The molecular formula is C17H20N2O4S. The Labute approximate surface area is 144 Å². The van der Waals surface area contributed by atoms with Crippen molar-refractivity contribution in [1.29, 1.82) is 0 Å². The van der Waals surface area contributed by atoms with E-state index in [2.05, 4.69) is 10.3 Å². The average Bonchev–Trinajstić information content (AvgIpc) is 2.97. The van der Waals surface area contributed by atoms with Gasteiger partial charge in [0.15, 0.2) is 0 Å². The highest BCUT2D eigenvalue weighted by Gasteiger charge is 2.12. The molecule has 7 heteroatoms. The van der Waals surface area contributed by atoms with Crippen molar-refractivity contribution in [2.24, 2.45) is 0 Å². The number of ether oxygens (including phenoxy) is 1. The first kappa shape index (κ1) is 17.9. The fourth-order valence-corrected chi connectivity index (χ4v) is 2.68. The van der Waals surface area contributed by atoms with Gasteiger partial charge in [-0.1, -0.05) is 6.07 Å². The number of rotatable bonds is 8. The van der Waals surface area contributed by atoms with Crippen molar-refractivity contribution in [1.82, 2.24) is 10.3 Å². The van der Waals surface area contributed by atoms with E-state index in [1.807, 2.05) is 12.3 Å². The van der Waals surface area contributed by atoms with Crippen LogP contribution < -0.4 is 10.1 Å². The van der Waals surface area contributed by atoms with Crippen LogP contribution in [0.25, 0.3) is 0 Å². The lowest BCUT2D eigenvalue weighted by Crippen LogP contribution is -2.32. The number of hydrogen-bond donors (Lipinski definition) is 2. The Balaban J connectivity index is 1.91. The second kappa shape index (κ2) is 8.44. The lowest BCUT2D eigenvalue weighted by Gasteiger charge is -2.13. The molecule has 1 atom stereocenters. The lowest BCUT2D eigenvalue weighted by molar-refractivity contribution is -0.137. The first-order valence-corrected chi connectivity index (χ1v) is 8.48. The zero-order valence-corrected chi connectivity index (χ0v) is 14.4. The van der Waals surface area contributed by atoms with Crippen molar-refractivity contribution in [3.63, 3.8) is 0 Å². The number of carboxylic acids is 1. The molecule has 1 unspecified atom stereocenters. The summed E-state index contributed by atoms with van der Waals surface area (Å²) < 4.78 is 5.67. The Bertz CT molecular complexity index is 714. The van der Waals surface area contributed by atoms with Crippen LogP contribution in [0.4, 0.5) is 0 Å². The first-order chi connectivity index (χ1) is 11.4. The van der Waals surface area contributed by atoms with Gasteiger partial charge >= 0.3 is 5.97 Å². The second-order valence-corrected chi connectivity index (χ2v) is 6.54. The van der Waals surface area contributed by atoms with Gasteiger partial charge in [-0.25, -0.2) is 4.98 Å². The predicted octanol–water partition coefficient (Wildman–Crippen LogP) is 3.01. The van der Waals surface area contributed by atoms with Gasteiger partial charge in [-0.2, -0.15) is 0 Å². The SMILES string of the molecule is Cc1nc(COc2cccc(C(=O)NC(C)CCC(=O)O)c2)cs1. The molecule has 0 aliphatic carbocycles. The normalized spacial score (nSPS) is 11.8. The van der Waals surface area contributed by atoms with Crippen LogP contribution in [0.2, 0.25) is 0 Å². The number of hydrogen-bond acceptors (Lipinski definition) is 5. The molecule has 0 saturated heterocycles. The summed E-state index contributed by atoms with van der Waals surface area (Å²) in [6, 6.07) is 6.68. The minimum Gasteiger partial charge on any atom is -0.487 e. The van der Waals surface area contributed by atoms with Crippen LogP contribution in [0.5, 0.6) is 5.75 Å². The van der Waals surface area contributed by atoms with E-state index in [1.165, 1.54) is 0 Å². The second-order valence-electron chi connectivity index (χ2n) is 5.48. The van der Waals surface area contributed by atoms with Crippen molar-refractivity contribution in [2.45, 2.75) is 39.3 Å². The zero-order chi connectivity index (χ0) is 17.5. The molecule has 0 aliphatic heterocycles. The molecule has 0 spiro atoms.